The van der Waals surface area contributed by atoms with Crippen molar-refractivity contribution in [2.75, 3.05) is 25.1 Å². The van der Waals surface area contributed by atoms with E-state index in [1.165, 1.54) is 0 Å². The lowest BCUT2D eigenvalue weighted by molar-refractivity contribution is -0.160. The molecule has 0 radical (unpaired) electrons. The number of anilines is 1. The van der Waals surface area contributed by atoms with Gasteiger partial charge < -0.3 is 24.8 Å². The minimum absolute atomic E-state index is 0.119. The molecular formula is C30H41N3O5. The Bertz CT molecular complexity index is 1210. The molecule has 1 atom stereocenters. The topological polar surface area (TPSA) is 101 Å². The number of pyridine rings is 1. The number of ether oxygens (including phenoxy) is 2. The summed E-state index contributed by atoms with van der Waals surface area (Å²) in [5.41, 5.74) is 3.55. The molecule has 8 heteroatoms. The first-order valence-corrected chi connectivity index (χ1v) is 13.6. The van der Waals surface area contributed by atoms with Crippen LogP contribution in [-0.2, 0) is 9.53 Å². The van der Waals surface area contributed by atoms with Crippen molar-refractivity contribution in [3.63, 3.8) is 0 Å². The van der Waals surface area contributed by atoms with Gasteiger partial charge in [0.15, 0.2) is 6.10 Å². The van der Waals surface area contributed by atoms with Crippen LogP contribution in [0.5, 0.6) is 5.75 Å². The Morgan fingerprint density at radius 2 is 1.87 bits per heavy atom. The fraction of sp³-hybridized carbons (Fsp3) is 0.567. The molecule has 1 aliphatic heterocycles. The molecule has 1 aromatic carbocycles. The Balaban J connectivity index is 1.86. The summed E-state index contributed by atoms with van der Waals surface area (Å²) in [6.45, 7) is 12.7. The Labute approximate surface area is 225 Å². The van der Waals surface area contributed by atoms with E-state index in [2.05, 4.69) is 22.1 Å². The van der Waals surface area contributed by atoms with Gasteiger partial charge in [0, 0.05) is 24.3 Å². The number of hydrogen-bond acceptors (Lipinski definition) is 6. The average Bonchev–Trinajstić information content (AvgIpc) is 2.84. The number of amides is 1. The molecule has 2 N–H and O–H groups in total. The van der Waals surface area contributed by atoms with Crippen LogP contribution in [0.15, 0.2) is 18.2 Å². The van der Waals surface area contributed by atoms with Crippen LogP contribution in [-0.4, -0.2) is 53.8 Å². The van der Waals surface area contributed by atoms with E-state index in [0.717, 1.165) is 49.2 Å². The third-order valence-electron chi connectivity index (χ3n) is 7.54. The van der Waals surface area contributed by atoms with Gasteiger partial charge in [-0.2, -0.15) is 0 Å². The zero-order valence-electron chi connectivity index (χ0n) is 23.7. The maximum Gasteiger partial charge on any atom is 0.337 e. The molecule has 1 amide bonds. The average molecular weight is 524 g/mol. The van der Waals surface area contributed by atoms with Gasteiger partial charge >= 0.3 is 5.97 Å². The molecule has 2 heterocycles. The molecule has 1 aromatic heterocycles. The van der Waals surface area contributed by atoms with Crippen molar-refractivity contribution >= 4 is 17.6 Å². The van der Waals surface area contributed by atoms with E-state index in [4.69, 9.17) is 9.47 Å². The molecule has 38 heavy (non-hydrogen) atoms. The first kappa shape index (κ1) is 27.9. The number of benzene rings is 1. The quantitative estimate of drug-likeness (QED) is 0.520. The number of aliphatic carboxylic acids is 1. The highest BCUT2D eigenvalue weighted by atomic mass is 16.5. The van der Waals surface area contributed by atoms with Crippen molar-refractivity contribution < 1.29 is 24.2 Å². The highest BCUT2D eigenvalue weighted by molar-refractivity contribution is 5.97. The summed E-state index contributed by atoms with van der Waals surface area (Å²) in [6, 6.07) is 5.94. The molecule has 0 spiro atoms. The Hall–Kier alpha value is -3.13. The summed E-state index contributed by atoms with van der Waals surface area (Å²) in [7, 11) is 2.00. The number of carbonyl (C=O) groups is 2. The van der Waals surface area contributed by atoms with E-state index in [1.807, 2.05) is 52.9 Å². The van der Waals surface area contributed by atoms with Gasteiger partial charge in [0.05, 0.1) is 17.8 Å². The second-order valence-corrected chi connectivity index (χ2v) is 11.8. The van der Waals surface area contributed by atoms with Crippen LogP contribution in [0.2, 0.25) is 0 Å². The minimum Gasteiger partial charge on any atom is -0.490 e. The van der Waals surface area contributed by atoms with Gasteiger partial charge in [-0.1, -0.05) is 13.0 Å². The molecule has 1 fully saturated rings. The molecule has 206 valence electrons. The number of carbonyl (C=O) groups excluding carboxylic acids is 1. The third-order valence-corrected chi connectivity index (χ3v) is 7.54. The van der Waals surface area contributed by atoms with Crippen LogP contribution in [0.4, 0.5) is 5.69 Å². The van der Waals surface area contributed by atoms with E-state index in [1.54, 1.807) is 6.92 Å². The molecule has 0 bridgehead atoms. The zero-order valence-corrected chi connectivity index (χ0v) is 23.7. The Morgan fingerprint density at radius 1 is 1.18 bits per heavy atom. The molecular weight excluding hydrogens is 482 g/mol. The van der Waals surface area contributed by atoms with E-state index >= 15 is 0 Å². The summed E-state index contributed by atoms with van der Waals surface area (Å²) in [4.78, 5) is 32.9. The number of aryl methyl sites for hydroxylation is 1. The molecule has 0 saturated heterocycles. The van der Waals surface area contributed by atoms with Crippen LogP contribution in [0.3, 0.4) is 0 Å². The SMILES string of the molecule is Cc1nc(C(=O)NC2CCC(C)CC2)c(C)c(-c2ccc3c(c2)N(C)CCO3)c1[C@H](OC(C)(C)C)C(=O)O. The molecule has 2 aliphatic rings. The fourth-order valence-electron chi connectivity index (χ4n) is 5.48. The van der Waals surface area contributed by atoms with Crippen LogP contribution in [0.25, 0.3) is 11.1 Å². The Kier molecular flexibility index (Phi) is 8.02. The molecule has 0 unspecified atom stereocenters. The number of carboxylic acid groups (broad SMARTS) is 1. The predicted octanol–water partition coefficient (Wildman–Crippen LogP) is 5.44. The van der Waals surface area contributed by atoms with E-state index in [-0.39, 0.29) is 11.9 Å². The van der Waals surface area contributed by atoms with Crippen molar-refractivity contribution in [2.45, 2.75) is 85.0 Å². The molecule has 4 rings (SSSR count). The largest absolute Gasteiger partial charge is 0.490 e. The lowest BCUT2D eigenvalue weighted by atomic mass is 9.87. The van der Waals surface area contributed by atoms with Gasteiger partial charge in [-0.05, 0) is 95.0 Å². The van der Waals surface area contributed by atoms with Gasteiger partial charge in [-0.25, -0.2) is 9.78 Å². The number of nitrogens with one attached hydrogen (secondary N) is 1. The van der Waals surface area contributed by atoms with Gasteiger partial charge in [-0.15, -0.1) is 0 Å². The van der Waals surface area contributed by atoms with Gasteiger partial charge in [0.2, 0.25) is 0 Å². The fourth-order valence-corrected chi connectivity index (χ4v) is 5.48. The van der Waals surface area contributed by atoms with Crippen molar-refractivity contribution in [3.05, 3.63) is 40.7 Å². The molecule has 1 saturated carbocycles. The smallest absolute Gasteiger partial charge is 0.337 e. The summed E-state index contributed by atoms with van der Waals surface area (Å²) < 4.78 is 11.9. The summed E-state index contributed by atoms with van der Waals surface area (Å²) in [6.07, 6.45) is 2.84. The lowest BCUT2D eigenvalue weighted by Gasteiger charge is -2.31. The van der Waals surface area contributed by atoms with Crippen LogP contribution in [0.1, 0.15) is 86.8 Å². The number of fused-ring (bicyclic) bond motifs is 1. The number of nitrogens with zero attached hydrogens (tertiary/aromatic N) is 2. The molecule has 8 nitrogen and oxygen atoms in total. The maximum atomic E-state index is 13.5. The minimum atomic E-state index is -1.25. The third kappa shape index (κ3) is 5.96. The number of likely N-dealkylation sites (N-methyl/N-ethyl adjacent to an activating group) is 1. The van der Waals surface area contributed by atoms with E-state index in [0.29, 0.717) is 40.6 Å². The standard InChI is InChI=1S/C30H41N3O5/c1-17-8-11-21(12-9-17)32-28(34)26-18(2)24(20-10-13-23-22(16-20)33(7)14-15-37-23)25(19(3)31-26)27(29(35)36)38-30(4,5)6/h10,13,16-17,21,27H,8-9,11-12,14-15H2,1-7H3,(H,32,34)(H,35,36)/t17?,21?,27-/m0/s1. The van der Waals surface area contributed by atoms with Crippen molar-refractivity contribution in [3.8, 4) is 16.9 Å². The molecule has 2 aromatic rings. The predicted molar refractivity (Wildman–Crippen MR) is 148 cm³/mol. The highest BCUT2D eigenvalue weighted by Crippen LogP contribution is 2.41. The Morgan fingerprint density at radius 3 is 2.50 bits per heavy atom. The highest BCUT2D eigenvalue weighted by Gasteiger charge is 2.34. The number of rotatable bonds is 6. The van der Waals surface area contributed by atoms with Gasteiger partial charge in [0.25, 0.3) is 5.91 Å². The second kappa shape index (κ2) is 10.9. The molecule has 1 aliphatic carbocycles. The van der Waals surface area contributed by atoms with Crippen LogP contribution in [0, 0.1) is 19.8 Å². The summed E-state index contributed by atoms with van der Waals surface area (Å²) in [5, 5.41) is 13.5. The second-order valence-electron chi connectivity index (χ2n) is 11.8. The summed E-state index contributed by atoms with van der Waals surface area (Å²) >= 11 is 0. The first-order chi connectivity index (χ1) is 17.9. The van der Waals surface area contributed by atoms with Crippen molar-refractivity contribution in [2.24, 2.45) is 5.92 Å². The first-order valence-electron chi connectivity index (χ1n) is 13.6. The zero-order chi connectivity index (χ0) is 27.8. The van der Waals surface area contributed by atoms with Crippen molar-refractivity contribution in [1.82, 2.24) is 10.3 Å². The van der Waals surface area contributed by atoms with Gasteiger partial charge in [0.1, 0.15) is 18.1 Å². The van der Waals surface area contributed by atoms with Crippen molar-refractivity contribution in [1.29, 1.82) is 0 Å². The van der Waals surface area contributed by atoms with Gasteiger partial charge in [-0.3, -0.25) is 4.79 Å². The lowest BCUT2D eigenvalue weighted by Crippen LogP contribution is -2.38. The maximum absolute atomic E-state index is 13.5. The van der Waals surface area contributed by atoms with Crippen LogP contribution >= 0.6 is 0 Å². The number of carboxylic acids is 1. The number of hydrogen-bond donors (Lipinski definition) is 2. The normalized spacial score (nSPS) is 20.3. The number of aromatic nitrogens is 1. The van der Waals surface area contributed by atoms with E-state index in [9.17, 15) is 14.7 Å². The van der Waals surface area contributed by atoms with E-state index < -0.39 is 17.7 Å². The van der Waals surface area contributed by atoms with Crippen LogP contribution < -0.4 is 15.0 Å². The monoisotopic (exact) mass is 523 g/mol. The summed E-state index contributed by atoms with van der Waals surface area (Å²) in [5.74, 6) is 0.133.